The smallest absolute Gasteiger partial charge is 0.139 e. The summed E-state index contributed by atoms with van der Waals surface area (Å²) in [5.41, 5.74) is 0.847. The Morgan fingerprint density at radius 3 is 2.92 bits per heavy atom. The van der Waals surface area contributed by atoms with Crippen molar-refractivity contribution in [1.82, 2.24) is 4.98 Å². The Kier molecular flexibility index (Phi) is 1.93. The van der Waals surface area contributed by atoms with E-state index >= 15 is 0 Å². The number of nitrogens with zero attached hydrogens (tertiary/aromatic N) is 1. The van der Waals surface area contributed by atoms with Gasteiger partial charge in [0.2, 0.25) is 0 Å². The molecule has 0 bridgehead atoms. The second-order valence-electron chi connectivity index (χ2n) is 3.06. The van der Waals surface area contributed by atoms with Gasteiger partial charge < -0.3 is 4.74 Å². The summed E-state index contributed by atoms with van der Waals surface area (Å²) < 4.78 is 5.51. The van der Waals surface area contributed by atoms with Crippen molar-refractivity contribution in [2.75, 3.05) is 0 Å². The fourth-order valence-corrected chi connectivity index (χ4v) is 1.09. The van der Waals surface area contributed by atoms with Crippen molar-refractivity contribution in [3.63, 3.8) is 0 Å². The van der Waals surface area contributed by atoms with Gasteiger partial charge in [0.1, 0.15) is 5.75 Å². The van der Waals surface area contributed by atoms with Gasteiger partial charge in [0.05, 0.1) is 23.0 Å². The molecule has 1 aliphatic carbocycles. The lowest BCUT2D eigenvalue weighted by atomic mass is 10.4. The van der Waals surface area contributed by atoms with Crippen molar-refractivity contribution in [3.8, 4) is 5.75 Å². The third kappa shape index (κ3) is 1.69. The summed E-state index contributed by atoms with van der Waals surface area (Å²) in [4.78, 5) is 4.10. The maximum absolute atomic E-state index is 5.88. The highest BCUT2D eigenvalue weighted by molar-refractivity contribution is 6.31. The number of hydrogen-bond donors (Lipinski definition) is 0. The molecule has 12 heavy (non-hydrogen) atoms. The summed E-state index contributed by atoms with van der Waals surface area (Å²) in [6.07, 6.45) is 4.45. The van der Waals surface area contributed by atoms with Gasteiger partial charge in [0.15, 0.2) is 0 Å². The van der Waals surface area contributed by atoms with Crippen LogP contribution in [0.4, 0.5) is 0 Å². The number of aryl methyl sites for hydroxylation is 1. The second-order valence-corrected chi connectivity index (χ2v) is 3.46. The standard InChI is InChI=1S/C9H10ClNO/c1-6-9(10)4-8(5-11-6)12-7-2-3-7/h4-5,7H,2-3H2,1H3. The van der Waals surface area contributed by atoms with Crippen LogP contribution in [0.3, 0.4) is 0 Å². The summed E-state index contributed by atoms with van der Waals surface area (Å²) in [6.45, 7) is 1.88. The third-order valence-corrected chi connectivity index (χ3v) is 2.21. The summed E-state index contributed by atoms with van der Waals surface area (Å²) in [6, 6.07) is 1.82. The molecule has 0 spiro atoms. The Labute approximate surface area is 76.5 Å². The molecule has 1 saturated carbocycles. The van der Waals surface area contributed by atoms with Gasteiger partial charge >= 0.3 is 0 Å². The number of pyridine rings is 1. The first kappa shape index (κ1) is 7.87. The van der Waals surface area contributed by atoms with Gasteiger partial charge in [-0.2, -0.15) is 0 Å². The van der Waals surface area contributed by atoms with Crippen LogP contribution in [0.1, 0.15) is 18.5 Å². The zero-order valence-electron chi connectivity index (χ0n) is 6.88. The van der Waals surface area contributed by atoms with Crippen LogP contribution in [-0.4, -0.2) is 11.1 Å². The molecule has 0 aromatic carbocycles. The van der Waals surface area contributed by atoms with E-state index in [1.807, 2.05) is 13.0 Å². The Hall–Kier alpha value is -0.760. The van der Waals surface area contributed by atoms with Crippen molar-refractivity contribution in [2.24, 2.45) is 0 Å². The first-order valence-electron chi connectivity index (χ1n) is 4.04. The zero-order valence-corrected chi connectivity index (χ0v) is 7.64. The quantitative estimate of drug-likeness (QED) is 0.703. The van der Waals surface area contributed by atoms with Crippen LogP contribution in [-0.2, 0) is 0 Å². The molecule has 0 unspecified atom stereocenters. The van der Waals surface area contributed by atoms with Crippen LogP contribution < -0.4 is 4.74 Å². The van der Waals surface area contributed by atoms with Crippen LogP contribution >= 0.6 is 11.6 Å². The minimum Gasteiger partial charge on any atom is -0.489 e. The van der Waals surface area contributed by atoms with Crippen molar-refractivity contribution in [3.05, 3.63) is 23.0 Å². The Bertz CT molecular complexity index is 297. The fraction of sp³-hybridized carbons (Fsp3) is 0.444. The molecule has 0 aliphatic heterocycles. The van der Waals surface area contributed by atoms with Gasteiger partial charge in [0.25, 0.3) is 0 Å². The van der Waals surface area contributed by atoms with Gasteiger partial charge in [-0.1, -0.05) is 11.6 Å². The number of hydrogen-bond acceptors (Lipinski definition) is 2. The molecule has 1 aromatic rings. The average molecular weight is 184 g/mol. The van der Waals surface area contributed by atoms with E-state index in [2.05, 4.69) is 4.98 Å². The molecule has 0 amide bonds. The zero-order chi connectivity index (χ0) is 8.55. The lowest BCUT2D eigenvalue weighted by molar-refractivity contribution is 0.302. The summed E-state index contributed by atoms with van der Waals surface area (Å²) >= 11 is 5.88. The molecule has 0 atom stereocenters. The Morgan fingerprint density at radius 1 is 1.58 bits per heavy atom. The summed E-state index contributed by atoms with van der Waals surface area (Å²) in [5.74, 6) is 0.785. The molecular formula is C9H10ClNO. The Balaban J connectivity index is 2.15. The highest BCUT2D eigenvalue weighted by Gasteiger charge is 2.23. The maximum Gasteiger partial charge on any atom is 0.139 e. The van der Waals surface area contributed by atoms with Crippen LogP contribution in [0.2, 0.25) is 5.02 Å². The van der Waals surface area contributed by atoms with Gasteiger partial charge in [0, 0.05) is 6.07 Å². The predicted molar refractivity (Wildman–Crippen MR) is 47.6 cm³/mol. The molecular weight excluding hydrogens is 174 g/mol. The van der Waals surface area contributed by atoms with Crippen LogP contribution in [0, 0.1) is 6.92 Å². The lowest BCUT2D eigenvalue weighted by Crippen LogP contribution is -1.96. The van der Waals surface area contributed by atoms with Gasteiger partial charge in [-0.25, -0.2) is 0 Å². The van der Waals surface area contributed by atoms with E-state index < -0.39 is 0 Å². The first-order chi connectivity index (χ1) is 5.75. The third-order valence-electron chi connectivity index (χ3n) is 1.83. The average Bonchev–Trinajstić information content (AvgIpc) is 2.81. The van der Waals surface area contributed by atoms with E-state index in [0.717, 1.165) is 24.3 Å². The van der Waals surface area contributed by atoms with Crippen LogP contribution in [0.5, 0.6) is 5.75 Å². The molecule has 0 radical (unpaired) electrons. The summed E-state index contributed by atoms with van der Waals surface area (Å²) in [5, 5.41) is 0.674. The molecule has 64 valence electrons. The molecule has 3 heteroatoms. The number of halogens is 1. The van der Waals surface area contributed by atoms with E-state index in [9.17, 15) is 0 Å². The predicted octanol–water partition coefficient (Wildman–Crippen LogP) is 2.58. The maximum atomic E-state index is 5.88. The SMILES string of the molecule is Cc1ncc(OC2CC2)cc1Cl. The number of rotatable bonds is 2. The van der Waals surface area contributed by atoms with E-state index in [-0.39, 0.29) is 0 Å². The lowest BCUT2D eigenvalue weighted by Gasteiger charge is -2.04. The normalized spacial score (nSPS) is 16.2. The number of ether oxygens (including phenoxy) is 1. The molecule has 0 N–H and O–H groups in total. The largest absolute Gasteiger partial charge is 0.489 e. The van der Waals surface area contributed by atoms with Gasteiger partial charge in [-0.15, -0.1) is 0 Å². The van der Waals surface area contributed by atoms with E-state index in [1.54, 1.807) is 6.20 Å². The highest BCUT2D eigenvalue weighted by Crippen LogP contribution is 2.28. The van der Waals surface area contributed by atoms with E-state index in [4.69, 9.17) is 16.3 Å². The van der Waals surface area contributed by atoms with Crippen LogP contribution in [0.25, 0.3) is 0 Å². The summed E-state index contributed by atoms with van der Waals surface area (Å²) in [7, 11) is 0. The van der Waals surface area contributed by atoms with Crippen molar-refractivity contribution < 1.29 is 4.74 Å². The molecule has 2 nitrogen and oxygen atoms in total. The van der Waals surface area contributed by atoms with E-state index in [1.165, 1.54) is 0 Å². The minimum absolute atomic E-state index is 0.408. The minimum atomic E-state index is 0.408. The molecule has 1 aromatic heterocycles. The van der Waals surface area contributed by atoms with Crippen LogP contribution in [0.15, 0.2) is 12.3 Å². The highest BCUT2D eigenvalue weighted by atomic mass is 35.5. The molecule has 1 aliphatic rings. The first-order valence-corrected chi connectivity index (χ1v) is 4.42. The Morgan fingerprint density at radius 2 is 2.33 bits per heavy atom. The van der Waals surface area contributed by atoms with Gasteiger partial charge in [-0.3, -0.25) is 4.98 Å². The molecule has 1 heterocycles. The molecule has 2 rings (SSSR count). The van der Waals surface area contributed by atoms with Gasteiger partial charge in [-0.05, 0) is 19.8 Å². The molecule has 0 saturated heterocycles. The monoisotopic (exact) mass is 183 g/mol. The molecule has 1 fully saturated rings. The van der Waals surface area contributed by atoms with Crippen molar-refractivity contribution in [1.29, 1.82) is 0 Å². The van der Waals surface area contributed by atoms with Crippen molar-refractivity contribution in [2.45, 2.75) is 25.9 Å². The second kappa shape index (κ2) is 2.94. The van der Waals surface area contributed by atoms with Crippen molar-refractivity contribution >= 4 is 11.6 Å². The fourth-order valence-electron chi connectivity index (χ4n) is 0.932. The van der Waals surface area contributed by atoms with E-state index in [0.29, 0.717) is 11.1 Å². The topological polar surface area (TPSA) is 22.1 Å². The number of aromatic nitrogens is 1.